The maximum absolute atomic E-state index is 10.9. The monoisotopic (exact) mass is 286 g/mol. The van der Waals surface area contributed by atoms with E-state index in [0.717, 1.165) is 0 Å². The van der Waals surface area contributed by atoms with Gasteiger partial charge in [-0.25, -0.2) is 0 Å². The highest BCUT2D eigenvalue weighted by molar-refractivity contribution is 7.32. The molecular weight excluding hydrogens is 267 g/mol. The summed E-state index contributed by atoms with van der Waals surface area (Å²) in [7, 11) is -3.44. The van der Waals surface area contributed by atoms with E-state index in [2.05, 4.69) is 9.84 Å². The predicted octanol–water partition coefficient (Wildman–Crippen LogP) is -3.07. The first kappa shape index (κ1) is 17.5. The molecular formula is C8H19N2O7P. The summed E-state index contributed by atoms with van der Waals surface area (Å²) >= 11 is 0. The molecule has 0 fully saturated rings. The molecule has 5 atom stereocenters. The zero-order valence-corrected chi connectivity index (χ0v) is 10.8. The first-order valence-corrected chi connectivity index (χ1v) is 6.43. The van der Waals surface area contributed by atoms with E-state index in [9.17, 15) is 19.6 Å². The van der Waals surface area contributed by atoms with Crippen LogP contribution in [0, 0.1) is 0 Å². The molecule has 0 aromatic carbocycles. The van der Waals surface area contributed by atoms with Gasteiger partial charge in [-0.1, -0.05) is 0 Å². The Labute approximate surface area is 105 Å². The van der Waals surface area contributed by atoms with Crippen molar-refractivity contribution < 1.29 is 34.1 Å². The zero-order chi connectivity index (χ0) is 14.3. The standard InChI is InChI=1S/C8H19N2O7P/c1-4(12)10-5(2-9)7(14)8(6(13)3-11)17-18(15)16/h5-8,11,13-14,18H,2-3,9H2,1H3,(H,10,12)(H,15,16). The van der Waals surface area contributed by atoms with Crippen LogP contribution < -0.4 is 11.1 Å². The Balaban J connectivity index is 4.83. The molecule has 108 valence electrons. The van der Waals surface area contributed by atoms with Crippen molar-refractivity contribution in [2.45, 2.75) is 31.3 Å². The van der Waals surface area contributed by atoms with Crippen molar-refractivity contribution in [2.75, 3.05) is 13.2 Å². The Morgan fingerprint density at radius 2 is 2.06 bits per heavy atom. The van der Waals surface area contributed by atoms with Crippen molar-refractivity contribution in [3.63, 3.8) is 0 Å². The highest BCUT2D eigenvalue weighted by Crippen LogP contribution is 2.23. The van der Waals surface area contributed by atoms with Crippen LogP contribution in [-0.2, 0) is 13.9 Å². The Morgan fingerprint density at radius 3 is 2.39 bits per heavy atom. The van der Waals surface area contributed by atoms with Crippen LogP contribution in [0.5, 0.6) is 0 Å². The molecule has 5 unspecified atom stereocenters. The smallest absolute Gasteiger partial charge is 0.317 e. The van der Waals surface area contributed by atoms with Crippen LogP contribution in [0.1, 0.15) is 6.92 Å². The Kier molecular flexibility index (Phi) is 8.29. The summed E-state index contributed by atoms with van der Waals surface area (Å²) in [6, 6.07) is -0.977. The quantitative estimate of drug-likeness (QED) is 0.256. The third-order valence-electron chi connectivity index (χ3n) is 2.19. The molecule has 7 N–H and O–H groups in total. The molecule has 0 radical (unpaired) electrons. The van der Waals surface area contributed by atoms with Gasteiger partial charge >= 0.3 is 8.25 Å². The van der Waals surface area contributed by atoms with Crippen molar-refractivity contribution in [3.8, 4) is 0 Å². The van der Waals surface area contributed by atoms with Crippen molar-refractivity contribution >= 4 is 14.2 Å². The van der Waals surface area contributed by atoms with E-state index in [0.29, 0.717) is 0 Å². The predicted molar refractivity (Wildman–Crippen MR) is 61.9 cm³/mol. The summed E-state index contributed by atoms with van der Waals surface area (Å²) in [4.78, 5) is 19.5. The van der Waals surface area contributed by atoms with Crippen molar-refractivity contribution in [1.29, 1.82) is 0 Å². The highest BCUT2D eigenvalue weighted by atomic mass is 31.1. The Hall–Kier alpha value is -0.540. The van der Waals surface area contributed by atoms with Gasteiger partial charge in [0.05, 0.1) is 12.6 Å². The number of carbonyl (C=O) groups excluding carboxylic acids is 1. The maximum Gasteiger partial charge on any atom is 0.317 e. The van der Waals surface area contributed by atoms with Gasteiger partial charge < -0.3 is 35.8 Å². The Bertz CT molecular complexity index is 291. The van der Waals surface area contributed by atoms with Gasteiger partial charge in [0, 0.05) is 13.5 Å². The lowest BCUT2D eigenvalue weighted by atomic mass is 10.0. The van der Waals surface area contributed by atoms with Crippen LogP contribution in [0.3, 0.4) is 0 Å². The molecule has 0 heterocycles. The minimum absolute atomic E-state index is 0.175. The molecule has 10 heteroatoms. The molecule has 1 amide bonds. The van der Waals surface area contributed by atoms with Gasteiger partial charge in [-0.2, -0.15) is 0 Å². The van der Waals surface area contributed by atoms with E-state index in [1.807, 2.05) is 0 Å². The second kappa shape index (κ2) is 8.54. The summed E-state index contributed by atoms with van der Waals surface area (Å²) < 4.78 is 15.1. The Morgan fingerprint density at radius 1 is 1.50 bits per heavy atom. The number of aliphatic hydroxyl groups is 3. The number of carbonyl (C=O) groups is 1. The lowest BCUT2D eigenvalue weighted by Gasteiger charge is -2.30. The summed E-state index contributed by atoms with van der Waals surface area (Å²) in [5.41, 5.74) is 5.33. The second-order valence-corrected chi connectivity index (χ2v) is 4.40. The van der Waals surface area contributed by atoms with Gasteiger partial charge in [-0.15, -0.1) is 0 Å². The molecule has 0 bridgehead atoms. The number of amides is 1. The molecule has 0 saturated heterocycles. The zero-order valence-electron chi connectivity index (χ0n) is 9.81. The fourth-order valence-corrected chi connectivity index (χ4v) is 1.90. The molecule has 0 aromatic heterocycles. The van der Waals surface area contributed by atoms with Gasteiger partial charge in [0.1, 0.15) is 18.3 Å². The number of rotatable bonds is 8. The van der Waals surface area contributed by atoms with E-state index in [-0.39, 0.29) is 6.54 Å². The maximum atomic E-state index is 10.9. The molecule has 18 heavy (non-hydrogen) atoms. The van der Waals surface area contributed by atoms with Crippen LogP contribution in [0.25, 0.3) is 0 Å². The molecule has 0 spiro atoms. The van der Waals surface area contributed by atoms with E-state index in [1.54, 1.807) is 0 Å². The van der Waals surface area contributed by atoms with Crippen molar-refractivity contribution in [2.24, 2.45) is 5.73 Å². The number of aliphatic hydroxyl groups excluding tert-OH is 3. The molecule has 0 aliphatic carbocycles. The largest absolute Gasteiger partial charge is 0.394 e. The van der Waals surface area contributed by atoms with Gasteiger partial charge in [-0.3, -0.25) is 9.36 Å². The average Bonchev–Trinajstić information content (AvgIpc) is 2.30. The number of nitrogens with one attached hydrogen (secondary N) is 1. The van der Waals surface area contributed by atoms with Crippen LogP contribution in [0.2, 0.25) is 0 Å². The van der Waals surface area contributed by atoms with Crippen LogP contribution in [0.4, 0.5) is 0 Å². The first-order chi connectivity index (χ1) is 8.33. The average molecular weight is 286 g/mol. The first-order valence-electron chi connectivity index (χ1n) is 5.17. The van der Waals surface area contributed by atoms with E-state index < -0.39 is 45.1 Å². The van der Waals surface area contributed by atoms with Gasteiger partial charge in [0.25, 0.3) is 0 Å². The molecule has 9 nitrogen and oxygen atoms in total. The van der Waals surface area contributed by atoms with Crippen molar-refractivity contribution in [3.05, 3.63) is 0 Å². The van der Waals surface area contributed by atoms with E-state index in [1.165, 1.54) is 6.92 Å². The molecule has 0 saturated carbocycles. The summed E-state index contributed by atoms with van der Waals surface area (Å²) in [6.45, 7) is 0.238. The van der Waals surface area contributed by atoms with E-state index in [4.69, 9.17) is 15.7 Å². The fourth-order valence-electron chi connectivity index (χ4n) is 1.37. The van der Waals surface area contributed by atoms with Crippen LogP contribution >= 0.6 is 8.25 Å². The number of hydrogen-bond donors (Lipinski definition) is 6. The molecule has 0 aliphatic rings. The van der Waals surface area contributed by atoms with Crippen LogP contribution in [0.15, 0.2) is 0 Å². The minimum atomic E-state index is -3.44. The highest BCUT2D eigenvalue weighted by Gasteiger charge is 2.34. The second-order valence-electron chi connectivity index (χ2n) is 3.63. The lowest BCUT2D eigenvalue weighted by molar-refractivity contribution is -0.122. The summed E-state index contributed by atoms with van der Waals surface area (Å²) in [5, 5.41) is 30.3. The minimum Gasteiger partial charge on any atom is -0.394 e. The molecule has 0 aromatic rings. The SMILES string of the molecule is CC(=O)NC(CN)C(O)C(O[PH](=O)O)C(O)CO. The third-order valence-corrected chi connectivity index (χ3v) is 2.67. The fraction of sp³-hybridized carbons (Fsp3) is 0.875. The molecule has 0 rings (SSSR count). The third kappa shape index (κ3) is 5.87. The summed E-state index contributed by atoms with van der Waals surface area (Å²) in [5.74, 6) is -0.474. The van der Waals surface area contributed by atoms with Crippen LogP contribution in [-0.4, -0.2) is 63.6 Å². The topological polar surface area (TPSA) is 162 Å². The lowest BCUT2D eigenvalue weighted by Crippen LogP contribution is -2.55. The van der Waals surface area contributed by atoms with Gasteiger partial charge in [0.15, 0.2) is 0 Å². The molecule has 0 aliphatic heterocycles. The number of nitrogens with two attached hydrogens (primary N) is 1. The van der Waals surface area contributed by atoms with Gasteiger partial charge in [0.2, 0.25) is 5.91 Å². The number of hydrogen-bond acceptors (Lipinski definition) is 7. The normalized spacial score (nSPS) is 19.7. The van der Waals surface area contributed by atoms with E-state index >= 15 is 0 Å². The van der Waals surface area contributed by atoms with Crippen molar-refractivity contribution in [1.82, 2.24) is 5.32 Å². The summed E-state index contributed by atoms with van der Waals surface area (Å²) in [6.07, 6.45) is -4.65. The van der Waals surface area contributed by atoms with Gasteiger partial charge in [-0.05, 0) is 0 Å².